The molecule has 0 fully saturated rings. The van der Waals surface area contributed by atoms with E-state index in [1.807, 2.05) is 0 Å². The van der Waals surface area contributed by atoms with E-state index in [2.05, 4.69) is 20.3 Å². The van der Waals surface area contributed by atoms with Crippen LogP contribution in [0.5, 0.6) is 0 Å². The van der Waals surface area contributed by atoms with Gasteiger partial charge in [-0.3, -0.25) is 0 Å². The van der Waals surface area contributed by atoms with Crippen LogP contribution in [0.2, 0.25) is 0 Å². The number of aliphatic hydroxyl groups is 1. The molecule has 0 amide bonds. The molecule has 0 unspecified atom stereocenters. The highest BCUT2D eigenvalue weighted by molar-refractivity contribution is 5.37. The Kier molecular flexibility index (Phi) is 2.20. The van der Waals surface area contributed by atoms with Crippen LogP contribution in [0.3, 0.4) is 0 Å². The number of nitrogens with two attached hydrogens (primary N) is 2. The van der Waals surface area contributed by atoms with E-state index in [0.29, 0.717) is 0 Å². The van der Waals surface area contributed by atoms with Crippen molar-refractivity contribution in [3.63, 3.8) is 0 Å². The first kappa shape index (κ1) is 9.46. The number of nitrogens with one attached hydrogen (secondary N) is 1. The summed E-state index contributed by atoms with van der Waals surface area (Å²) in [6, 6.07) is 0. The Balaban J connectivity index is 2.90. The lowest BCUT2D eigenvalue weighted by Crippen LogP contribution is -2.31. The molecule has 6 N–H and O–H groups in total. The lowest BCUT2D eigenvalue weighted by molar-refractivity contribution is 0.110. The maximum atomic E-state index is 9.36. The van der Waals surface area contributed by atoms with Gasteiger partial charge in [0.25, 0.3) is 0 Å². The minimum Gasteiger partial charge on any atom is -0.372 e. The third-order valence-electron chi connectivity index (χ3n) is 1.09. The van der Waals surface area contributed by atoms with E-state index >= 15 is 0 Å². The highest BCUT2D eigenvalue weighted by Gasteiger charge is 2.13. The molecule has 1 heterocycles. The summed E-state index contributed by atoms with van der Waals surface area (Å²) in [5, 5.41) is 12.0. The monoisotopic (exact) mass is 184 g/mol. The van der Waals surface area contributed by atoms with Gasteiger partial charge in [-0.25, -0.2) is 0 Å². The Morgan fingerprint density at radius 3 is 2.00 bits per heavy atom. The Bertz CT molecular complexity index is 286. The number of rotatable bonds is 2. The van der Waals surface area contributed by atoms with Crippen LogP contribution in [0.15, 0.2) is 0 Å². The molecule has 0 saturated heterocycles. The zero-order valence-electron chi connectivity index (χ0n) is 7.44. The van der Waals surface area contributed by atoms with Crippen molar-refractivity contribution in [2.45, 2.75) is 19.6 Å². The fourth-order valence-electron chi connectivity index (χ4n) is 0.739. The average Bonchev–Trinajstić information content (AvgIpc) is 1.78. The highest BCUT2D eigenvalue weighted by Crippen LogP contribution is 2.08. The van der Waals surface area contributed by atoms with Crippen molar-refractivity contribution >= 4 is 17.8 Å². The third-order valence-corrected chi connectivity index (χ3v) is 1.09. The molecule has 1 aromatic rings. The summed E-state index contributed by atoms with van der Waals surface area (Å²) in [6.07, 6.45) is 0. The smallest absolute Gasteiger partial charge is 0.231 e. The van der Waals surface area contributed by atoms with E-state index in [4.69, 9.17) is 11.5 Å². The highest BCUT2D eigenvalue weighted by atomic mass is 16.3. The molecule has 72 valence electrons. The van der Waals surface area contributed by atoms with Crippen LogP contribution in [0.25, 0.3) is 0 Å². The van der Waals surface area contributed by atoms with Gasteiger partial charge < -0.3 is 21.9 Å². The first-order valence-corrected chi connectivity index (χ1v) is 3.64. The van der Waals surface area contributed by atoms with Crippen LogP contribution in [0.1, 0.15) is 13.8 Å². The molecular formula is C6H12N6O. The van der Waals surface area contributed by atoms with E-state index in [-0.39, 0.29) is 17.8 Å². The van der Waals surface area contributed by atoms with Gasteiger partial charge in [0.05, 0.1) is 0 Å². The predicted molar refractivity (Wildman–Crippen MR) is 48.6 cm³/mol. The standard InChI is InChI=1S/C6H12N6O/c1-6(2,13)12-5-10-3(7)9-4(8)11-5/h13H,1-2H3,(H5,7,8,9,10,11,12). The molecule has 0 aliphatic rings. The van der Waals surface area contributed by atoms with Gasteiger partial charge in [-0.2, -0.15) is 15.0 Å². The molecule has 0 bridgehead atoms. The summed E-state index contributed by atoms with van der Waals surface area (Å²) in [7, 11) is 0. The Morgan fingerprint density at radius 2 is 1.62 bits per heavy atom. The van der Waals surface area contributed by atoms with Crippen molar-refractivity contribution in [3.8, 4) is 0 Å². The van der Waals surface area contributed by atoms with Crippen molar-refractivity contribution in [1.29, 1.82) is 0 Å². The van der Waals surface area contributed by atoms with Gasteiger partial charge in [-0.05, 0) is 13.8 Å². The average molecular weight is 184 g/mol. The summed E-state index contributed by atoms with van der Waals surface area (Å²) < 4.78 is 0. The van der Waals surface area contributed by atoms with Crippen LogP contribution in [0.4, 0.5) is 17.8 Å². The second-order valence-corrected chi connectivity index (χ2v) is 3.06. The number of nitrogens with zero attached hydrogens (tertiary/aromatic N) is 3. The van der Waals surface area contributed by atoms with Crippen LogP contribution in [-0.2, 0) is 0 Å². The van der Waals surface area contributed by atoms with Crippen LogP contribution in [0, 0.1) is 0 Å². The summed E-state index contributed by atoms with van der Waals surface area (Å²) in [4.78, 5) is 11.0. The minimum absolute atomic E-state index is 0.0132. The molecule has 0 aromatic carbocycles. The molecule has 1 rings (SSSR count). The second-order valence-electron chi connectivity index (χ2n) is 3.06. The summed E-state index contributed by atoms with van der Waals surface area (Å²) in [6.45, 7) is 3.09. The Hall–Kier alpha value is -1.63. The lowest BCUT2D eigenvalue weighted by atomic mass is 10.3. The van der Waals surface area contributed by atoms with Crippen molar-refractivity contribution in [3.05, 3.63) is 0 Å². The molecule has 13 heavy (non-hydrogen) atoms. The molecule has 0 aliphatic carbocycles. The van der Waals surface area contributed by atoms with E-state index in [1.165, 1.54) is 0 Å². The fraction of sp³-hybridized carbons (Fsp3) is 0.500. The van der Waals surface area contributed by atoms with E-state index in [1.54, 1.807) is 13.8 Å². The number of hydrogen-bond acceptors (Lipinski definition) is 7. The first-order chi connectivity index (χ1) is 5.87. The maximum absolute atomic E-state index is 9.36. The van der Waals surface area contributed by atoms with Crippen molar-refractivity contribution in [2.24, 2.45) is 0 Å². The lowest BCUT2D eigenvalue weighted by Gasteiger charge is -2.18. The van der Waals surface area contributed by atoms with Crippen LogP contribution in [-0.4, -0.2) is 25.8 Å². The van der Waals surface area contributed by atoms with E-state index in [9.17, 15) is 5.11 Å². The summed E-state index contributed by atoms with van der Waals surface area (Å²) in [5.74, 6) is 0.177. The normalized spacial score (nSPS) is 11.3. The van der Waals surface area contributed by atoms with Gasteiger partial charge in [0.15, 0.2) is 0 Å². The summed E-state index contributed by atoms with van der Waals surface area (Å²) >= 11 is 0. The van der Waals surface area contributed by atoms with Gasteiger partial charge in [0.1, 0.15) is 5.72 Å². The maximum Gasteiger partial charge on any atom is 0.231 e. The molecule has 0 spiro atoms. The molecule has 0 saturated carbocycles. The first-order valence-electron chi connectivity index (χ1n) is 3.64. The predicted octanol–water partition coefficient (Wildman–Crippen LogP) is -0.824. The summed E-state index contributed by atoms with van der Waals surface area (Å²) in [5.41, 5.74) is 9.50. The number of nitrogen functional groups attached to an aromatic ring is 2. The van der Waals surface area contributed by atoms with Crippen molar-refractivity contribution in [2.75, 3.05) is 16.8 Å². The molecule has 1 aromatic heterocycles. The minimum atomic E-state index is -1.12. The molecule has 0 atom stereocenters. The number of hydrogen-bond donors (Lipinski definition) is 4. The molecule has 0 radical (unpaired) electrons. The van der Waals surface area contributed by atoms with Crippen LogP contribution >= 0.6 is 0 Å². The van der Waals surface area contributed by atoms with Gasteiger partial charge in [-0.15, -0.1) is 0 Å². The number of aromatic nitrogens is 3. The van der Waals surface area contributed by atoms with Crippen molar-refractivity contribution in [1.82, 2.24) is 15.0 Å². The quantitative estimate of drug-likeness (QED) is 0.442. The molecular weight excluding hydrogens is 172 g/mol. The molecule has 7 nitrogen and oxygen atoms in total. The SMILES string of the molecule is CC(C)(O)Nc1nc(N)nc(N)n1. The topological polar surface area (TPSA) is 123 Å². The largest absolute Gasteiger partial charge is 0.372 e. The zero-order chi connectivity index (χ0) is 10.1. The fourth-order valence-corrected chi connectivity index (χ4v) is 0.739. The Labute approximate surface area is 75.2 Å². The van der Waals surface area contributed by atoms with Gasteiger partial charge in [-0.1, -0.05) is 0 Å². The van der Waals surface area contributed by atoms with Gasteiger partial charge >= 0.3 is 0 Å². The molecule has 7 heteroatoms. The van der Waals surface area contributed by atoms with E-state index < -0.39 is 5.72 Å². The number of anilines is 3. The second kappa shape index (κ2) is 3.02. The Morgan fingerprint density at radius 1 is 1.15 bits per heavy atom. The molecule has 0 aliphatic heterocycles. The van der Waals surface area contributed by atoms with Crippen LogP contribution < -0.4 is 16.8 Å². The van der Waals surface area contributed by atoms with Gasteiger partial charge in [0.2, 0.25) is 17.8 Å². The zero-order valence-corrected chi connectivity index (χ0v) is 7.44. The van der Waals surface area contributed by atoms with E-state index in [0.717, 1.165) is 0 Å². The van der Waals surface area contributed by atoms with Gasteiger partial charge in [0, 0.05) is 0 Å². The third kappa shape index (κ3) is 3.08. The van der Waals surface area contributed by atoms with Crippen molar-refractivity contribution < 1.29 is 5.11 Å².